The number of alkyl halides is 3. The molecule has 4 nitrogen and oxygen atoms in total. The van der Waals surface area contributed by atoms with Gasteiger partial charge in [0.05, 0.1) is 0 Å². The van der Waals surface area contributed by atoms with Gasteiger partial charge in [-0.3, -0.25) is 0 Å². The summed E-state index contributed by atoms with van der Waals surface area (Å²) in [6, 6.07) is 0. The van der Waals surface area contributed by atoms with Crippen molar-refractivity contribution in [3.8, 4) is 0 Å². The Balaban J connectivity index is 2.96. The molecule has 1 aromatic heterocycles. The standard InChI is InChI=1S/C8H9Cl2F3N4/c1-2-3-17(4-8(11,12)13)7-15-5(9)14-6(10)16-7/h2-4H2,1H3. The number of anilines is 1. The van der Waals surface area contributed by atoms with Crippen LogP contribution in [0.1, 0.15) is 13.3 Å². The van der Waals surface area contributed by atoms with Crippen molar-refractivity contribution in [2.45, 2.75) is 19.5 Å². The van der Waals surface area contributed by atoms with E-state index < -0.39 is 12.7 Å². The van der Waals surface area contributed by atoms with Crippen LogP contribution in [-0.4, -0.2) is 34.2 Å². The zero-order chi connectivity index (χ0) is 13.1. The number of hydrogen-bond acceptors (Lipinski definition) is 4. The predicted octanol–water partition coefficient (Wildman–Crippen LogP) is 2.96. The topological polar surface area (TPSA) is 41.9 Å². The van der Waals surface area contributed by atoms with E-state index in [0.717, 1.165) is 4.90 Å². The first-order valence-corrected chi connectivity index (χ1v) is 5.46. The lowest BCUT2D eigenvalue weighted by atomic mass is 10.4. The van der Waals surface area contributed by atoms with Crippen molar-refractivity contribution < 1.29 is 13.2 Å². The van der Waals surface area contributed by atoms with Crippen LogP contribution >= 0.6 is 23.2 Å². The first-order chi connectivity index (χ1) is 7.81. The van der Waals surface area contributed by atoms with Crippen molar-refractivity contribution in [2.24, 2.45) is 0 Å². The normalized spacial score (nSPS) is 11.6. The Bertz CT molecular complexity index is 365. The third-order valence-electron chi connectivity index (χ3n) is 1.72. The van der Waals surface area contributed by atoms with Gasteiger partial charge in [0.15, 0.2) is 0 Å². The number of hydrogen-bond donors (Lipinski definition) is 0. The maximum atomic E-state index is 12.3. The highest BCUT2D eigenvalue weighted by atomic mass is 35.5. The largest absolute Gasteiger partial charge is 0.406 e. The molecule has 0 aromatic carbocycles. The smallest absolute Gasteiger partial charge is 0.332 e. The monoisotopic (exact) mass is 288 g/mol. The van der Waals surface area contributed by atoms with Crippen molar-refractivity contribution in [3.05, 3.63) is 10.6 Å². The van der Waals surface area contributed by atoms with E-state index in [1.807, 2.05) is 0 Å². The second-order valence-corrected chi connectivity index (χ2v) is 3.89. The molecule has 0 radical (unpaired) electrons. The Morgan fingerprint density at radius 2 is 1.65 bits per heavy atom. The molecule has 0 aliphatic rings. The Kier molecular flexibility index (Phi) is 4.76. The van der Waals surface area contributed by atoms with Crippen molar-refractivity contribution in [1.82, 2.24) is 15.0 Å². The van der Waals surface area contributed by atoms with Crippen molar-refractivity contribution in [3.63, 3.8) is 0 Å². The summed E-state index contributed by atoms with van der Waals surface area (Å²) < 4.78 is 37.0. The average Bonchev–Trinajstić information content (AvgIpc) is 2.13. The summed E-state index contributed by atoms with van der Waals surface area (Å²) in [5, 5.41) is -0.466. The van der Waals surface area contributed by atoms with Gasteiger partial charge in [-0.25, -0.2) is 0 Å². The molecule has 96 valence electrons. The highest BCUT2D eigenvalue weighted by molar-refractivity contribution is 6.31. The van der Waals surface area contributed by atoms with Gasteiger partial charge in [0.25, 0.3) is 0 Å². The van der Waals surface area contributed by atoms with Crippen LogP contribution in [0.5, 0.6) is 0 Å². The lowest BCUT2D eigenvalue weighted by Crippen LogP contribution is -2.36. The van der Waals surface area contributed by atoms with Crippen LogP contribution in [0.15, 0.2) is 0 Å². The third kappa shape index (κ3) is 4.91. The van der Waals surface area contributed by atoms with Crippen LogP contribution in [0, 0.1) is 0 Å². The Morgan fingerprint density at radius 1 is 1.12 bits per heavy atom. The predicted molar refractivity (Wildman–Crippen MR) is 58.4 cm³/mol. The number of rotatable bonds is 4. The van der Waals surface area contributed by atoms with E-state index in [1.165, 1.54) is 0 Å². The Morgan fingerprint density at radius 3 is 2.06 bits per heavy atom. The molecule has 1 heterocycles. The summed E-state index contributed by atoms with van der Waals surface area (Å²) in [6.45, 7) is 0.738. The molecule has 0 N–H and O–H groups in total. The molecule has 1 rings (SSSR count). The fraction of sp³-hybridized carbons (Fsp3) is 0.625. The van der Waals surface area contributed by atoms with Gasteiger partial charge in [0.2, 0.25) is 16.5 Å². The molecule has 0 fully saturated rings. The molecule has 17 heavy (non-hydrogen) atoms. The van der Waals surface area contributed by atoms with Crippen molar-refractivity contribution in [2.75, 3.05) is 18.0 Å². The van der Waals surface area contributed by atoms with E-state index in [9.17, 15) is 13.2 Å². The van der Waals surface area contributed by atoms with Crippen LogP contribution in [0.3, 0.4) is 0 Å². The van der Waals surface area contributed by atoms with Gasteiger partial charge in [0.1, 0.15) is 6.54 Å². The minimum atomic E-state index is -4.35. The van der Waals surface area contributed by atoms with Gasteiger partial charge in [0, 0.05) is 6.54 Å². The summed E-state index contributed by atoms with van der Waals surface area (Å²) >= 11 is 11.0. The molecule has 0 aliphatic carbocycles. The molecule has 0 saturated heterocycles. The molecular formula is C8H9Cl2F3N4. The van der Waals surface area contributed by atoms with Crippen molar-refractivity contribution >= 4 is 29.2 Å². The highest BCUT2D eigenvalue weighted by Gasteiger charge is 2.31. The molecule has 0 atom stereocenters. The van der Waals surface area contributed by atoms with Gasteiger partial charge < -0.3 is 4.90 Å². The zero-order valence-corrected chi connectivity index (χ0v) is 10.3. The Hall–Kier alpha value is -0.820. The van der Waals surface area contributed by atoms with Gasteiger partial charge >= 0.3 is 6.18 Å². The van der Waals surface area contributed by atoms with Crippen molar-refractivity contribution in [1.29, 1.82) is 0 Å². The van der Waals surface area contributed by atoms with E-state index in [4.69, 9.17) is 23.2 Å². The minimum absolute atomic E-state index is 0.149. The summed E-state index contributed by atoms with van der Waals surface area (Å²) in [7, 11) is 0. The summed E-state index contributed by atoms with van der Waals surface area (Å²) in [6.07, 6.45) is -3.84. The molecule has 0 bridgehead atoms. The second-order valence-electron chi connectivity index (χ2n) is 3.21. The molecule has 9 heteroatoms. The average molecular weight is 289 g/mol. The molecular weight excluding hydrogens is 280 g/mol. The summed E-state index contributed by atoms with van der Waals surface area (Å²) in [5.74, 6) is -0.172. The fourth-order valence-corrected chi connectivity index (χ4v) is 1.55. The van der Waals surface area contributed by atoms with E-state index in [-0.39, 0.29) is 23.1 Å². The summed E-state index contributed by atoms with van der Waals surface area (Å²) in [4.78, 5) is 11.7. The molecule has 0 aliphatic heterocycles. The molecule has 0 unspecified atom stereocenters. The van der Waals surface area contributed by atoms with Gasteiger partial charge in [-0.1, -0.05) is 6.92 Å². The second kappa shape index (κ2) is 5.68. The fourth-order valence-electron chi connectivity index (χ4n) is 1.19. The van der Waals surface area contributed by atoms with Gasteiger partial charge in [-0.2, -0.15) is 28.1 Å². The quantitative estimate of drug-likeness (QED) is 0.854. The van der Waals surface area contributed by atoms with Crippen LogP contribution in [0.2, 0.25) is 10.6 Å². The zero-order valence-electron chi connectivity index (χ0n) is 8.80. The molecule has 0 amide bonds. The van der Waals surface area contributed by atoms with Crippen LogP contribution < -0.4 is 4.90 Å². The van der Waals surface area contributed by atoms with E-state index >= 15 is 0 Å². The van der Waals surface area contributed by atoms with Gasteiger partial charge in [-0.15, -0.1) is 0 Å². The molecule has 0 spiro atoms. The van der Waals surface area contributed by atoms with E-state index in [1.54, 1.807) is 6.92 Å². The highest BCUT2D eigenvalue weighted by Crippen LogP contribution is 2.21. The summed E-state index contributed by atoms with van der Waals surface area (Å²) in [5.41, 5.74) is 0. The van der Waals surface area contributed by atoms with Gasteiger partial charge in [-0.05, 0) is 29.6 Å². The number of nitrogens with zero attached hydrogens (tertiary/aromatic N) is 4. The first kappa shape index (κ1) is 14.2. The molecule has 0 saturated carbocycles. The van der Waals surface area contributed by atoms with E-state index in [0.29, 0.717) is 6.42 Å². The minimum Gasteiger partial charge on any atom is -0.332 e. The lowest BCUT2D eigenvalue weighted by Gasteiger charge is -2.23. The number of halogens is 5. The maximum absolute atomic E-state index is 12.3. The maximum Gasteiger partial charge on any atom is 0.406 e. The molecule has 1 aromatic rings. The third-order valence-corrected chi connectivity index (χ3v) is 2.05. The van der Waals surface area contributed by atoms with E-state index in [2.05, 4.69) is 15.0 Å². The number of aromatic nitrogens is 3. The van der Waals surface area contributed by atoms with Crippen LogP contribution in [0.4, 0.5) is 19.1 Å². The van der Waals surface area contributed by atoms with Crippen LogP contribution in [0.25, 0.3) is 0 Å². The van der Waals surface area contributed by atoms with Crippen LogP contribution in [-0.2, 0) is 0 Å². The lowest BCUT2D eigenvalue weighted by molar-refractivity contribution is -0.119. The Labute approximate surface area is 106 Å². The first-order valence-electron chi connectivity index (χ1n) is 4.70. The SMILES string of the molecule is CCCN(CC(F)(F)F)c1nc(Cl)nc(Cl)n1.